The summed E-state index contributed by atoms with van der Waals surface area (Å²) in [6.45, 7) is 2.13. The minimum absolute atomic E-state index is 0.324. The first-order valence-electron chi connectivity index (χ1n) is 7.56. The van der Waals surface area contributed by atoms with E-state index in [0.717, 1.165) is 29.5 Å². The number of esters is 1. The van der Waals surface area contributed by atoms with Crippen molar-refractivity contribution in [1.29, 1.82) is 5.26 Å². The van der Waals surface area contributed by atoms with E-state index < -0.39 is 0 Å². The standard InChI is InChI=1S/C20H17NO2/c1-13-3-6-15-9-10-17(20(22)23-2)11-18(15)19(13)16-7-4-14(12-21)5-8-16/h4-5,7-11H,3,6H2,1-2H3. The highest BCUT2D eigenvalue weighted by Crippen LogP contribution is 2.36. The van der Waals surface area contributed by atoms with Crippen molar-refractivity contribution >= 4 is 11.5 Å². The second kappa shape index (κ2) is 6.10. The lowest BCUT2D eigenvalue weighted by Crippen LogP contribution is -2.08. The number of carbonyl (C=O) groups is 1. The van der Waals surface area contributed by atoms with Gasteiger partial charge in [0.05, 0.1) is 24.3 Å². The number of aryl methyl sites for hydroxylation is 1. The minimum atomic E-state index is -0.324. The number of carbonyl (C=O) groups excluding carboxylic acids is 1. The molecule has 0 atom stereocenters. The maximum absolute atomic E-state index is 11.8. The number of ether oxygens (including phenoxy) is 1. The highest BCUT2D eigenvalue weighted by atomic mass is 16.5. The number of nitriles is 1. The number of hydrogen-bond acceptors (Lipinski definition) is 3. The van der Waals surface area contributed by atoms with Crippen LogP contribution in [0.4, 0.5) is 0 Å². The Morgan fingerprint density at radius 1 is 1.13 bits per heavy atom. The first-order chi connectivity index (χ1) is 11.1. The van der Waals surface area contributed by atoms with Crippen LogP contribution in [0, 0.1) is 11.3 Å². The van der Waals surface area contributed by atoms with E-state index in [2.05, 4.69) is 13.0 Å². The van der Waals surface area contributed by atoms with Gasteiger partial charge in [0, 0.05) is 0 Å². The lowest BCUT2D eigenvalue weighted by Gasteiger charge is -2.23. The Hall–Kier alpha value is -2.86. The molecule has 114 valence electrons. The molecule has 3 rings (SSSR count). The van der Waals surface area contributed by atoms with Crippen molar-refractivity contribution < 1.29 is 9.53 Å². The van der Waals surface area contributed by atoms with Crippen LogP contribution in [0.15, 0.2) is 48.0 Å². The van der Waals surface area contributed by atoms with Gasteiger partial charge < -0.3 is 4.74 Å². The van der Waals surface area contributed by atoms with Crippen LogP contribution in [0.25, 0.3) is 5.57 Å². The fourth-order valence-corrected chi connectivity index (χ4v) is 3.06. The lowest BCUT2D eigenvalue weighted by atomic mass is 9.82. The highest BCUT2D eigenvalue weighted by Gasteiger charge is 2.20. The van der Waals surface area contributed by atoms with Crippen LogP contribution in [0.5, 0.6) is 0 Å². The third-order valence-corrected chi connectivity index (χ3v) is 4.30. The van der Waals surface area contributed by atoms with Gasteiger partial charge in [-0.05, 0) is 66.3 Å². The van der Waals surface area contributed by atoms with Crippen LogP contribution in [-0.4, -0.2) is 13.1 Å². The lowest BCUT2D eigenvalue weighted by molar-refractivity contribution is 0.0600. The Morgan fingerprint density at radius 3 is 2.52 bits per heavy atom. The maximum Gasteiger partial charge on any atom is 0.337 e. The topological polar surface area (TPSA) is 50.1 Å². The quantitative estimate of drug-likeness (QED) is 0.784. The van der Waals surface area contributed by atoms with Crippen LogP contribution in [-0.2, 0) is 11.2 Å². The Labute approximate surface area is 135 Å². The molecule has 2 aromatic rings. The molecule has 0 N–H and O–H groups in total. The van der Waals surface area contributed by atoms with Crippen molar-refractivity contribution in [2.24, 2.45) is 0 Å². The van der Waals surface area contributed by atoms with Gasteiger partial charge in [-0.2, -0.15) is 5.26 Å². The molecule has 0 fully saturated rings. The van der Waals surface area contributed by atoms with Crippen molar-refractivity contribution in [3.63, 3.8) is 0 Å². The summed E-state index contributed by atoms with van der Waals surface area (Å²) in [5, 5.41) is 8.96. The zero-order chi connectivity index (χ0) is 16.4. The van der Waals surface area contributed by atoms with Gasteiger partial charge in [-0.3, -0.25) is 0 Å². The summed E-state index contributed by atoms with van der Waals surface area (Å²) in [5.74, 6) is -0.324. The Morgan fingerprint density at radius 2 is 1.87 bits per heavy atom. The predicted molar refractivity (Wildman–Crippen MR) is 89.0 cm³/mol. The first kappa shape index (κ1) is 15.1. The highest BCUT2D eigenvalue weighted by molar-refractivity contribution is 5.93. The first-order valence-corrected chi connectivity index (χ1v) is 7.56. The van der Waals surface area contributed by atoms with Crippen LogP contribution >= 0.6 is 0 Å². The van der Waals surface area contributed by atoms with Crippen molar-refractivity contribution in [3.05, 3.63) is 75.9 Å². The molecule has 0 aromatic heterocycles. The predicted octanol–water partition coefficient (Wildman–Crippen LogP) is 4.11. The molecule has 0 aliphatic heterocycles. The Bertz CT molecular complexity index is 839. The molecule has 0 bridgehead atoms. The number of hydrogen-bond donors (Lipinski definition) is 0. The molecular weight excluding hydrogens is 286 g/mol. The molecule has 0 spiro atoms. The average molecular weight is 303 g/mol. The third kappa shape index (κ3) is 2.76. The summed E-state index contributed by atoms with van der Waals surface area (Å²) in [6.07, 6.45) is 1.97. The largest absolute Gasteiger partial charge is 0.465 e. The van der Waals surface area contributed by atoms with E-state index in [9.17, 15) is 4.79 Å². The SMILES string of the molecule is COC(=O)c1ccc2c(c1)C(c1ccc(C#N)cc1)=C(C)CC2. The van der Waals surface area contributed by atoms with Gasteiger partial charge in [-0.1, -0.05) is 23.8 Å². The van der Waals surface area contributed by atoms with Gasteiger partial charge in [0.15, 0.2) is 0 Å². The zero-order valence-electron chi connectivity index (χ0n) is 13.2. The summed E-state index contributed by atoms with van der Waals surface area (Å²) in [7, 11) is 1.39. The fraction of sp³-hybridized carbons (Fsp3) is 0.200. The van der Waals surface area contributed by atoms with Crippen LogP contribution in [0.1, 0.15) is 46.0 Å². The molecule has 0 unspecified atom stereocenters. The second-order valence-electron chi connectivity index (χ2n) is 5.71. The van der Waals surface area contributed by atoms with Gasteiger partial charge in [-0.25, -0.2) is 4.79 Å². The zero-order valence-corrected chi connectivity index (χ0v) is 13.2. The van der Waals surface area contributed by atoms with E-state index in [4.69, 9.17) is 10.00 Å². The fourth-order valence-electron chi connectivity index (χ4n) is 3.06. The number of nitrogens with zero attached hydrogens (tertiary/aromatic N) is 1. The molecule has 0 radical (unpaired) electrons. The van der Waals surface area contributed by atoms with Crippen molar-refractivity contribution in [2.45, 2.75) is 19.8 Å². The monoisotopic (exact) mass is 303 g/mol. The maximum atomic E-state index is 11.8. The normalized spacial score (nSPS) is 13.3. The molecule has 0 amide bonds. The van der Waals surface area contributed by atoms with E-state index in [0.29, 0.717) is 11.1 Å². The van der Waals surface area contributed by atoms with Gasteiger partial charge in [0.2, 0.25) is 0 Å². The molecule has 2 aromatic carbocycles. The van der Waals surface area contributed by atoms with Crippen molar-refractivity contribution in [1.82, 2.24) is 0 Å². The average Bonchev–Trinajstić information content (AvgIpc) is 2.60. The van der Waals surface area contributed by atoms with Crippen molar-refractivity contribution in [2.75, 3.05) is 7.11 Å². The number of rotatable bonds is 2. The summed E-state index contributed by atoms with van der Waals surface area (Å²) in [5.41, 5.74) is 7.05. The van der Waals surface area contributed by atoms with E-state index in [1.807, 2.05) is 42.5 Å². The minimum Gasteiger partial charge on any atom is -0.465 e. The molecule has 0 saturated heterocycles. The smallest absolute Gasteiger partial charge is 0.337 e. The van der Waals surface area contributed by atoms with Crippen LogP contribution in [0.2, 0.25) is 0 Å². The third-order valence-electron chi connectivity index (χ3n) is 4.30. The van der Waals surface area contributed by atoms with Crippen LogP contribution < -0.4 is 0 Å². The van der Waals surface area contributed by atoms with Gasteiger partial charge >= 0.3 is 5.97 Å². The number of fused-ring (bicyclic) bond motifs is 1. The van der Waals surface area contributed by atoms with Gasteiger partial charge in [0.25, 0.3) is 0 Å². The molecule has 0 saturated carbocycles. The molecule has 1 aliphatic carbocycles. The molecule has 3 nitrogen and oxygen atoms in total. The molecule has 3 heteroatoms. The number of methoxy groups -OCH3 is 1. The number of allylic oxidation sites excluding steroid dienone is 1. The Kier molecular flexibility index (Phi) is 3.99. The second-order valence-corrected chi connectivity index (χ2v) is 5.71. The summed E-state index contributed by atoms with van der Waals surface area (Å²) < 4.78 is 4.83. The van der Waals surface area contributed by atoms with E-state index in [1.165, 1.54) is 18.2 Å². The molecule has 1 aliphatic rings. The van der Waals surface area contributed by atoms with Gasteiger partial charge in [-0.15, -0.1) is 0 Å². The van der Waals surface area contributed by atoms with Gasteiger partial charge in [0.1, 0.15) is 0 Å². The van der Waals surface area contributed by atoms with Crippen LogP contribution in [0.3, 0.4) is 0 Å². The van der Waals surface area contributed by atoms with E-state index in [-0.39, 0.29) is 5.97 Å². The van der Waals surface area contributed by atoms with E-state index in [1.54, 1.807) is 0 Å². The van der Waals surface area contributed by atoms with E-state index >= 15 is 0 Å². The molecular formula is C20H17NO2. The number of benzene rings is 2. The summed E-state index contributed by atoms with van der Waals surface area (Å²) >= 11 is 0. The molecule has 0 heterocycles. The summed E-state index contributed by atoms with van der Waals surface area (Å²) in [6, 6.07) is 15.5. The molecule has 23 heavy (non-hydrogen) atoms. The Balaban J connectivity index is 2.13. The summed E-state index contributed by atoms with van der Waals surface area (Å²) in [4.78, 5) is 11.8. The van der Waals surface area contributed by atoms with Crippen molar-refractivity contribution in [3.8, 4) is 6.07 Å².